The predicted molar refractivity (Wildman–Crippen MR) is 91.0 cm³/mol. The average molecular weight is 353 g/mol. The maximum atomic E-state index is 12.1. The molecule has 1 fully saturated rings. The van der Waals surface area contributed by atoms with Crippen LogP contribution < -0.4 is 10.0 Å². The van der Waals surface area contributed by atoms with Crippen molar-refractivity contribution in [1.82, 2.24) is 14.9 Å². The van der Waals surface area contributed by atoms with Crippen molar-refractivity contribution in [3.63, 3.8) is 0 Å². The Morgan fingerprint density at radius 3 is 2.38 bits per heavy atom. The highest BCUT2D eigenvalue weighted by molar-refractivity contribution is 7.88. The number of nitrogens with one attached hydrogen (secondary N) is 2. The number of hydrogen-bond acceptors (Lipinski definition) is 4. The Morgan fingerprint density at radius 2 is 1.79 bits per heavy atom. The maximum absolute atomic E-state index is 12.1. The standard InChI is InChI=1S/C16H23N3O4S/c1-24(22,23)17-10-7-15(20)19-11-8-14(9-12-19)18-16(21)13-5-3-2-4-6-13/h2-6,14,17H,7-12H2,1H3,(H,18,21). The molecule has 1 aliphatic rings. The van der Waals surface area contributed by atoms with Crippen molar-refractivity contribution in [2.75, 3.05) is 25.9 Å². The molecule has 0 unspecified atom stereocenters. The summed E-state index contributed by atoms with van der Waals surface area (Å²) in [5.41, 5.74) is 0.628. The fourth-order valence-corrected chi connectivity index (χ4v) is 3.11. The quantitative estimate of drug-likeness (QED) is 0.771. The first-order chi connectivity index (χ1) is 11.3. The molecular formula is C16H23N3O4S. The van der Waals surface area contributed by atoms with Gasteiger partial charge in [0.1, 0.15) is 0 Å². The van der Waals surface area contributed by atoms with E-state index in [1.165, 1.54) is 0 Å². The lowest BCUT2D eigenvalue weighted by atomic mass is 10.0. The van der Waals surface area contributed by atoms with Gasteiger partial charge in [0.05, 0.1) is 6.26 Å². The summed E-state index contributed by atoms with van der Waals surface area (Å²) in [7, 11) is -3.27. The van der Waals surface area contributed by atoms with Gasteiger partial charge in [-0.3, -0.25) is 9.59 Å². The molecular weight excluding hydrogens is 330 g/mol. The van der Waals surface area contributed by atoms with E-state index in [1.807, 2.05) is 18.2 Å². The van der Waals surface area contributed by atoms with E-state index in [0.29, 0.717) is 31.5 Å². The molecule has 2 amide bonds. The lowest BCUT2D eigenvalue weighted by Gasteiger charge is -2.32. The van der Waals surface area contributed by atoms with Gasteiger partial charge in [0.25, 0.3) is 5.91 Å². The Labute approximate surface area is 142 Å². The summed E-state index contributed by atoms with van der Waals surface area (Å²) >= 11 is 0. The number of likely N-dealkylation sites (tertiary alicyclic amines) is 1. The van der Waals surface area contributed by atoms with E-state index in [2.05, 4.69) is 10.0 Å². The van der Waals surface area contributed by atoms with Crippen molar-refractivity contribution in [2.24, 2.45) is 0 Å². The van der Waals surface area contributed by atoms with Crippen LogP contribution in [0.25, 0.3) is 0 Å². The Kier molecular flexibility index (Phi) is 6.33. The Bertz CT molecular complexity index is 668. The topological polar surface area (TPSA) is 95.6 Å². The van der Waals surface area contributed by atoms with E-state index in [9.17, 15) is 18.0 Å². The summed E-state index contributed by atoms with van der Waals surface area (Å²) in [5, 5.41) is 2.99. The number of carbonyl (C=O) groups excluding carboxylic acids is 2. The molecule has 0 atom stereocenters. The minimum Gasteiger partial charge on any atom is -0.349 e. The summed E-state index contributed by atoms with van der Waals surface area (Å²) in [6.45, 7) is 1.25. The molecule has 8 heteroatoms. The summed E-state index contributed by atoms with van der Waals surface area (Å²) in [6, 6.07) is 9.09. The van der Waals surface area contributed by atoms with Gasteiger partial charge < -0.3 is 10.2 Å². The number of benzene rings is 1. The van der Waals surface area contributed by atoms with Crippen LogP contribution in [-0.4, -0.2) is 57.1 Å². The summed E-state index contributed by atoms with van der Waals surface area (Å²) in [4.78, 5) is 25.9. The lowest BCUT2D eigenvalue weighted by molar-refractivity contribution is -0.132. The van der Waals surface area contributed by atoms with E-state index in [0.717, 1.165) is 6.26 Å². The zero-order chi connectivity index (χ0) is 17.6. The van der Waals surface area contributed by atoms with Crippen LogP contribution in [0.2, 0.25) is 0 Å². The molecule has 0 radical (unpaired) electrons. The fourth-order valence-electron chi connectivity index (χ4n) is 2.63. The Balaban J connectivity index is 1.73. The van der Waals surface area contributed by atoms with Gasteiger partial charge in [-0.1, -0.05) is 18.2 Å². The summed E-state index contributed by atoms with van der Waals surface area (Å²) in [5.74, 6) is -0.170. The van der Waals surface area contributed by atoms with Crippen molar-refractivity contribution in [2.45, 2.75) is 25.3 Å². The molecule has 132 valence electrons. The molecule has 1 heterocycles. The number of nitrogens with zero attached hydrogens (tertiary/aromatic N) is 1. The first kappa shape index (κ1) is 18.4. The molecule has 1 aromatic carbocycles. The van der Waals surface area contributed by atoms with E-state index in [4.69, 9.17) is 0 Å². The normalized spacial score (nSPS) is 16.0. The third-order valence-electron chi connectivity index (χ3n) is 3.92. The SMILES string of the molecule is CS(=O)(=O)NCCC(=O)N1CCC(NC(=O)c2ccccc2)CC1. The lowest BCUT2D eigenvalue weighted by Crippen LogP contribution is -2.47. The van der Waals surface area contributed by atoms with Crippen LogP contribution in [-0.2, 0) is 14.8 Å². The number of carbonyl (C=O) groups is 2. The number of hydrogen-bond donors (Lipinski definition) is 2. The second kappa shape index (κ2) is 8.25. The van der Waals surface area contributed by atoms with Gasteiger partial charge >= 0.3 is 0 Å². The van der Waals surface area contributed by atoms with Crippen LogP contribution in [0.3, 0.4) is 0 Å². The molecule has 24 heavy (non-hydrogen) atoms. The second-order valence-electron chi connectivity index (χ2n) is 5.91. The van der Waals surface area contributed by atoms with Gasteiger partial charge in [-0.2, -0.15) is 0 Å². The van der Waals surface area contributed by atoms with Crippen LogP contribution >= 0.6 is 0 Å². The van der Waals surface area contributed by atoms with Crippen molar-refractivity contribution in [3.05, 3.63) is 35.9 Å². The van der Waals surface area contributed by atoms with Crippen LogP contribution in [0.4, 0.5) is 0 Å². The van der Waals surface area contributed by atoms with Crippen LogP contribution in [0.1, 0.15) is 29.6 Å². The minimum absolute atomic E-state index is 0.0518. The van der Waals surface area contributed by atoms with Crippen LogP contribution in [0, 0.1) is 0 Å². The Morgan fingerprint density at radius 1 is 1.17 bits per heavy atom. The first-order valence-electron chi connectivity index (χ1n) is 7.93. The number of rotatable bonds is 6. The van der Waals surface area contributed by atoms with E-state index >= 15 is 0 Å². The zero-order valence-electron chi connectivity index (χ0n) is 13.7. The van der Waals surface area contributed by atoms with Gasteiger partial charge in [-0.15, -0.1) is 0 Å². The molecule has 0 spiro atoms. The van der Waals surface area contributed by atoms with Crippen LogP contribution in [0.15, 0.2) is 30.3 Å². The molecule has 2 N–H and O–H groups in total. The fraction of sp³-hybridized carbons (Fsp3) is 0.500. The summed E-state index contributed by atoms with van der Waals surface area (Å²) < 4.78 is 24.3. The monoisotopic (exact) mass is 353 g/mol. The van der Waals surface area contributed by atoms with E-state index in [-0.39, 0.29) is 30.8 Å². The molecule has 1 saturated heterocycles. The molecule has 0 aliphatic carbocycles. The zero-order valence-corrected chi connectivity index (χ0v) is 14.5. The van der Waals surface area contributed by atoms with Crippen molar-refractivity contribution >= 4 is 21.8 Å². The smallest absolute Gasteiger partial charge is 0.251 e. The molecule has 2 rings (SSSR count). The Hall–Kier alpha value is -1.93. The number of amides is 2. The average Bonchev–Trinajstić information content (AvgIpc) is 2.55. The number of piperidine rings is 1. The highest BCUT2D eigenvalue weighted by Crippen LogP contribution is 2.12. The van der Waals surface area contributed by atoms with Crippen molar-refractivity contribution in [3.8, 4) is 0 Å². The predicted octanol–water partition coefficient (Wildman–Crippen LogP) is 0.347. The highest BCUT2D eigenvalue weighted by Gasteiger charge is 2.24. The highest BCUT2D eigenvalue weighted by atomic mass is 32.2. The van der Waals surface area contributed by atoms with Gasteiger partial charge in [-0.25, -0.2) is 13.1 Å². The van der Waals surface area contributed by atoms with Crippen molar-refractivity contribution in [1.29, 1.82) is 0 Å². The van der Waals surface area contributed by atoms with Crippen LogP contribution in [0.5, 0.6) is 0 Å². The van der Waals surface area contributed by atoms with E-state index in [1.54, 1.807) is 17.0 Å². The molecule has 0 aromatic heterocycles. The van der Waals surface area contributed by atoms with Gasteiger partial charge in [0.15, 0.2) is 0 Å². The molecule has 0 bridgehead atoms. The maximum Gasteiger partial charge on any atom is 0.251 e. The van der Waals surface area contributed by atoms with Crippen molar-refractivity contribution < 1.29 is 18.0 Å². The second-order valence-corrected chi connectivity index (χ2v) is 7.74. The van der Waals surface area contributed by atoms with Gasteiger partial charge in [0.2, 0.25) is 15.9 Å². The molecule has 1 aromatic rings. The number of sulfonamides is 1. The largest absolute Gasteiger partial charge is 0.349 e. The minimum atomic E-state index is -3.27. The van der Waals surface area contributed by atoms with Gasteiger partial charge in [-0.05, 0) is 25.0 Å². The third kappa shape index (κ3) is 5.93. The van der Waals surface area contributed by atoms with Gasteiger partial charge in [0, 0.05) is 37.7 Å². The first-order valence-corrected chi connectivity index (χ1v) is 9.82. The van der Waals surface area contributed by atoms with E-state index < -0.39 is 10.0 Å². The molecule has 1 aliphatic heterocycles. The molecule has 0 saturated carbocycles. The summed E-state index contributed by atoms with van der Waals surface area (Å²) in [6.07, 6.45) is 2.61. The molecule has 7 nitrogen and oxygen atoms in total. The third-order valence-corrected chi connectivity index (χ3v) is 4.65.